The van der Waals surface area contributed by atoms with Crippen LogP contribution in [0.5, 0.6) is 0 Å². The van der Waals surface area contributed by atoms with Crippen molar-refractivity contribution < 1.29 is 9.53 Å². The van der Waals surface area contributed by atoms with E-state index < -0.39 is 0 Å². The summed E-state index contributed by atoms with van der Waals surface area (Å²) in [4.78, 5) is 11.7. The zero-order chi connectivity index (χ0) is 12.6. The molecule has 0 spiro atoms. The Labute approximate surface area is 110 Å². The lowest BCUT2D eigenvalue weighted by molar-refractivity contribution is -0.122. The molecule has 1 saturated heterocycles. The van der Waals surface area contributed by atoms with Gasteiger partial charge in [0.25, 0.3) is 0 Å². The smallest absolute Gasteiger partial charge is 0.220 e. The third-order valence-electron chi connectivity index (χ3n) is 3.77. The maximum Gasteiger partial charge on any atom is 0.220 e. The average Bonchev–Trinajstić information content (AvgIpc) is 3.19. The van der Waals surface area contributed by atoms with Crippen LogP contribution in [0.3, 0.4) is 0 Å². The lowest BCUT2D eigenvalue weighted by atomic mass is 9.94. The Bertz CT molecular complexity index is 248. The van der Waals surface area contributed by atoms with Gasteiger partial charge in [-0.3, -0.25) is 4.79 Å². The summed E-state index contributed by atoms with van der Waals surface area (Å²) in [6, 6.07) is 0. The Morgan fingerprint density at radius 3 is 2.67 bits per heavy atom. The maximum atomic E-state index is 11.7. The Balaban J connectivity index is 1.41. The number of hydrogen-bond donors (Lipinski definition) is 2. The van der Waals surface area contributed by atoms with E-state index in [9.17, 15) is 4.79 Å². The SMILES string of the molecule is O=C(CC1CCNCC1)NCCCOCC1CC1. The highest BCUT2D eigenvalue weighted by Crippen LogP contribution is 2.28. The molecule has 1 heterocycles. The van der Waals surface area contributed by atoms with Crippen LogP contribution in [0.25, 0.3) is 0 Å². The number of amides is 1. The summed E-state index contributed by atoms with van der Waals surface area (Å²) in [5.74, 6) is 1.63. The average molecular weight is 254 g/mol. The second-order valence-corrected chi connectivity index (χ2v) is 5.62. The molecule has 1 amide bonds. The number of carbonyl (C=O) groups excluding carboxylic acids is 1. The predicted octanol–water partition coefficient (Wildman–Crippen LogP) is 1.31. The molecule has 104 valence electrons. The Kier molecular flexibility index (Phi) is 5.94. The molecule has 1 aliphatic heterocycles. The number of hydrogen-bond acceptors (Lipinski definition) is 3. The first-order chi connectivity index (χ1) is 8.84. The quantitative estimate of drug-likeness (QED) is 0.642. The van der Waals surface area contributed by atoms with E-state index in [1.54, 1.807) is 0 Å². The van der Waals surface area contributed by atoms with Crippen LogP contribution in [0.2, 0.25) is 0 Å². The van der Waals surface area contributed by atoms with Gasteiger partial charge in [0.1, 0.15) is 0 Å². The molecule has 0 bridgehead atoms. The maximum absolute atomic E-state index is 11.7. The van der Waals surface area contributed by atoms with E-state index in [0.717, 1.165) is 58.0 Å². The van der Waals surface area contributed by atoms with Crippen molar-refractivity contribution in [2.75, 3.05) is 32.8 Å². The molecule has 4 heteroatoms. The van der Waals surface area contributed by atoms with Crippen LogP contribution in [0.15, 0.2) is 0 Å². The topological polar surface area (TPSA) is 50.4 Å². The van der Waals surface area contributed by atoms with Crippen LogP contribution in [-0.2, 0) is 9.53 Å². The van der Waals surface area contributed by atoms with Crippen molar-refractivity contribution >= 4 is 5.91 Å². The van der Waals surface area contributed by atoms with Crippen LogP contribution in [0.4, 0.5) is 0 Å². The lowest BCUT2D eigenvalue weighted by Crippen LogP contribution is -2.32. The number of ether oxygens (including phenoxy) is 1. The van der Waals surface area contributed by atoms with E-state index in [1.807, 2.05) is 0 Å². The van der Waals surface area contributed by atoms with Crippen LogP contribution in [0.1, 0.15) is 38.5 Å². The van der Waals surface area contributed by atoms with Gasteiger partial charge in [-0.1, -0.05) is 0 Å². The van der Waals surface area contributed by atoms with E-state index in [4.69, 9.17) is 4.74 Å². The molecule has 0 aromatic carbocycles. The van der Waals surface area contributed by atoms with Crippen LogP contribution in [0, 0.1) is 11.8 Å². The van der Waals surface area contributed by atoms with Crippen molar-refractivity contribution in [3.8, 4) is 0 Å². The third kappa shape index (κ3) is 5.83. The van der Waals surface area contributed by atoms with Gasteiger partial charge in [0, 0.05) is 26.2 Å². The standard InChI is InChI=1S/C14H26N2O2/c17-14(10-12-4-7-15-8-5-12)16-6-1-9-18-11-13-2-3-13/h12-13,15H,1-11H2,(H,16,17). The minimum atomic E-state index is 0.212. The molecule has 0 atom stereocenters. The van der Waals surface area contributed by atoms with Crippen LogP contribution in [-0.4, -0.2) is 38.8 Å². The van der Waals surface area contributed by atoms with Gasteiger partial charge in [0.2, 0.25) is 5.91 Å². The van der Waals surface area contributed by atoms with Gasteiger partial charge in [0.05, 0.1) is 0 Å². The molecule has 0 aromatic rings. The summed E-state index contributed by atoms with van der Waals surface area (Å²) in [6.45, 7) is 4.58. The van der Waals surface area contributed by atoms with Crippen LogP contribution < -0.4 is 10.6 Å². The number of nitrogens with one attached hydrogen (secondary N) is 2. The highest BCUT2D eigenvalue weighted by molar-refractivity contribution is 5.76. The van der Waals surface area contributed by atoms with E-state index in [-0.39, 0.29) is 5.91 Å². The molecule has 0 radical (unpaired) electrons. The molecule has 1 aliphatic carbocycles. The van der Waals surface area contributed by atoms with Gasteiger partial charge in [-0.05, 0) is 57.0 Å². The normalized spacial score (nSPS) is 20.9. The van der Waals surface area contributed by atoms with Crippen molar-refractivity contribution in [1.29, 1.82) is 0 Å². The second-order valence-electron chi connectivity index (χ2n) is 5.62. The largest absolute Gasteiger partial charge is 0.381 e. The van der Waals surface area contributed by atoms with Gasteiger partial charge >= 0.3 is 0 Å². The van der Waals surface area contributed by atoms with Crippen LogP contribution >= 0.6 is 0 Å². The van der Waals surface area contributed by atoms with Crippen molar-refractivity contribution in [2.24, 2.45) is 11.8 Å². The number of carbonyl (C=O) groups is 1. The summed E-state index contributed by atoms with van der Waals surface area (Å²) < 4.78 is 5.53. The summed E-state index contributed by atoms with van der Waals surface area (Å²) >= 11 is 0. The molecule has 0 aromatic heterocycles. The Morgan fingerprint density at radius 2 is 1.94 bits per heavy atom. The summed E-state index contributed by atoms with van der Waals surface area (Å²) in [7, 11) is 0. The zero-order valence-corrected chi connectivity index (χ0v) is 11.2. The lowest BCUT2D eigenvalue weighted by Gasteiger charge is -2.21. The zero-order valence-electron chi connectivity index (χ0n) is 11.2. The van der Waals surface area contributed by atoms with Gasteiger partial charge in [-0.25, -0.2) is 0 Å². The predicted molar refractivity (Wildman–Crippen MR) is 71.4 cm³/mol. The van der Waals surface area contributed by atoms with E-state index in [1.165, 1.54) is 12.8 Å². The Morgan fingerprint density at radius 1 is 1.17 bits per heavy atom. The fourth-order valence-corrected chi connectivity index (χ4v) is 2.36. The van der Waals surface area contributed by atoms with Crippen molar-refractivity contribution in [3.05, 3.63) is 0 Å². The monoisotopic (exact) mass is 254 g/mol. The highest BCUT2D eigenvalue weighted by atomic mass is 16.5. The van der Waals surface area contributed by atoms with E-state index in [0.29, 0.717) is 12.3 Å². The molecular formula is C14H26N2O2. The first-order valence-electron chi connectivity index (χ1n) is 7.40. The molecule has 4 nitrogen and oxygen atoms in total. The fourth-order valence-electron chi connectivity index (χ4n) is 2.36. The number of piperidine rings is 1. The molecule has 2 rings (SSSR count). The highest BCUT2D eigenvalue weighted by Gasteiger charge is 2.20. The molecular weight excluding hydrogens is 228 g/mol. The van der Waals surface area contributed by atoms with Gasteiger partial charge in [-0.15, -0.1) is 0 Å². The van der Waals surface area contributed by atoms with E-state index in [2.05, 4.69) is 10.6 Å². The molecule has 0 unspecified atom stereocenters. The van der Waals surface area contributed by atoms with Crippen molar-refractivity contribution in [3.63, 3.8) is 0 Å². The molecule has 2 N–H and O–H groups in total. The van der Waals surface area contributed by atoms with Crippen molar-refractivity contribution in [1.82, 2.24) is 10.6 Å². The molecule has 2 aliphatic rings. The first kappa shape index (κ1) is 13.8. The van der Waals surface area contributed by atoms with Gasteiger partial charge in [-0.2, -0.15) is 0 Å². The number of rotatable bonds is 8. The summed E-state index contributed by atoms with van der Waals surface area (Å²) in [5.41, 5.74) is 0. The summed E-state index contributed by atoms with van der Waals surface area (Å²) in [6.07, 6.45) is 6.59. The minimum Gasteiger partial charge on any atom is -0.381 e. The minimum absolute atomic E-state index is 0.212. The third-order valence-corrected chi connectivity index (χ3v) is 3.77. The van der Waals surface area contributed by atoms with Crippen molar-refractivity contribution in [2.45, 2.75) is 38.5 Å². The summed E-state index contributed by atoms with van der Waals surface area (Å²) in [5, 5.41) is 6.31. The Hall–Kier alpha value is -0.610. The fraction of sp³-hybridized carbons (Fsp3) is 0.929. The van der Waals surface area contributed by atoms with Gasteiger partial charge in [0.15, 0.2) is 0 Å². The molecule has 18 heavy (non-hydrogen) atoms. The van der Waals surface area contributed by atoms with Gasteiger partial charge < -0.3 is 15.4 Å². The first-order valence-corrected chi connectivity index (χ1v) is 7.40. The molecule has 1 saturated carbocycles. The van der Waals surface area contributed by atoms with E-state index >= 15 is 0 Å². The second kappa shape index (κ2) is 7.74. The molecule has 2 fully saturated rings.